The van der Waals surface area contributed by atoms with Crippen LogP contribution in [0.1, 0.15) is 12.0 Å². The summed E-state index contributed by atoms with van der Waals surface area (Å²) in [6.07, 6.45) is 5.02. The first kappa shape index (κ1) is 15.1. The summed E-state index contributed by atoms with van der Waals surface area (Å²) in [5.41, 5.74) is 1.44. The molecule has 0 amide bonds. The molecule has 4 rings (SSSR count). The van der Waals surface area contributed by atoms with Gasteiger partial charge in [0, 0.05) is 37.9 Å². The minimum absolute atomic E-state index is 0.284. The van der Waals surface area contributed by atoms with Crippen LogP contribution in [0.25, 0.3) is 0 Å². The molecule has 2 aromatic rings. The monoisotopic (exact) mass is 330 g/mol. The van der Waals surface area contributed by atoms with E-state index in [0.29, 0.717) is 17.8 Å². The third-order valence-corrected chi connectivity index (χ3v) is 5.62. The third-order valence-electron chi connectivity index (χ3n) is 4.89. The zero-order chi connectivity index (χ0) is 15.5. The fraction of sp³-hybridized carbons (Fsp3) is 0.529. The van der Waals surface area contributed by atoms with Gasteiger partial charge in [0.25, 0.3) is 0 Å². The number of fused-ring (bicyclic) bond motifs is 1. The van der Waals surface area contributed by atoms with E-state index in [4.69, 9.17) is 4.74 Å². The Kier molecular flexibility index (Phi) is 4.55. The van der Waals surface area contributed by atoms with Gasteiger partial charge in [0.1, 0.15) is 0 Å². The van der Waals surface area contributed by atoms with Crippen LogP contribution in [0.5, 0.6) is 0 Å². The first-order valence-electron chi connectivity index (χ1n) is 8.24. The van der Waals surface area contributed by atoms with Gasteiger partial charge in [-0.2, -0.15) is 11.3 Å². The van der Waals surface area contributed by atoms with Crippen LogP contribution in [0.4, 0.5) is 5.95 Å². The van der Waals surface area contributed by atoms with Gasteiger partial charge in [-0.05, 0) is 47.3 Å². The summed E-state index contributed by atoms with van der Waals surface area (Å²) >= 11 is 1.78. The van der Waals surface area contributed by atoms with Crippen molar-refractivity contribution in [3.8, 4) is 0 Å². The Morgan fingerprint density at radius 2 is 2.26 bits per heavy atom. The van der Waals surface area contributed by atoms with Crippen LogP contribution in [0, 0.1) is 11.8 Å². The van der Waals surface area contributed by atoms with Crippen LogP contribution in [-0.2, 0) is 11.3 Å². The van der Waals surface area contributed by atoms with Gasteiger partial charge < -0.3 is 10.1 Å². The molecule has 0 aromatic carbocycles. The quantitative estimate of drug-likeness (QED) is 0.913. The van der Waals surface area contributed by atoms with Crippen LogP contribution in [0.15, 0.2) is 35.3 Å². The van der Waals surface area contributed by atoms with E-state index in [0.717, 1.165) is 26.2 Å². The van der Waals surface area contributed by atoms with Crippen molar-refractivity contribution < 1.29 is 4.74 Å². The number of likely N-dealkylation sites (tertiary alicyclic amines) is 1. The molecule has 4 heterocycles. The Labute approximate surface area is 140 Å². The first-order chi connectivity index (χ1) is 11.4. The minimum atomic E-state index is 0.284. The van der Waals surface area contributed by atoms with Gasteiger partial charge in [0.15, 0.2) is 0 Å². The standard InChI is InChI=1S/C17H22N4OS/c1-4-18-17(19-5-1)20-8-16-15-2-6-21(10-14(15)11-22-16)9-13-3-7-23-12-13/h1,3-5,7,12,14-16H,2,6,8-11H2,(H,18,19,20)/t14-,15-,16-/m1/s1. The second-order valence-electron chi connectivity index (χ2n) is 6.40. The van der Waals surface area contributed by atoms with Gasteiger partial charge in [-0.25, -0.2) is 9.97 Å². The lowest BCUT2D eigenvalue weighted by atomic mass is 9.84. The van der Waals surface area contributed by atoms with Crippen molar-refractivity contribution in [2.45, 2.75) is 19.1 Å². The van der Waals surface area contributed by atoms with E-state index >= 15 is 0 Å². The van der Waals surface area contributed by atoms with E-state index < -0.39 is 0 Å². The Morgan fingerprint density at radius 1 is 1.35 bits per heavy atom. The van der Waals surface area contributed by atoms with Crippen molar-refractivity contribution in [1.29, 1.82) is 0 Å². The molecule has 0 spiro atoms. The molecule has 0 bridgehead atoms. The zero-order valence-electron chi connectivity index (χ0n) is 13.1. The van der Waals surface area contributed by atoms with Crippen LogP contribution in [0.3, 0.4) is 0 Å². The van der Waals surface area contributed by atoms with Crippen LogP contribution in [0.2, 0.25) is 0 Å². The molecule has 5 nitrogen and oxygen atoms in total. The number of nitrogens with one attached hydrogen (secondary N) is 1. The molecule has 2 aromatic heterocycles. The van der Waals surface area contributed by atoms with E-state index in [1.54, 1.807) is 23.7 Å². The number of hydrogen-bond donors (Lipinski definition) is 1. The third kappa shape index (κ3) is 3.54. The fourth-order valence-electron chi connectivity index (χ4n) is 3.74. The second-order valence-corrected chi connectivity index (χ2v) is 7.18. The van der Waals surface area contributed by atoms with Crippen molar-refractivity contribution >= 4 is 17.3 Å². The number of nitrogens with zero attached hydrogens (tertiary/aromatic N) is 3. The summed E-state index contributed by atoms with van der Waals surface area (Å²) in [6.45, 7) is 5.08. The molecule has 0 radical (unpaired) electrons. The number of ether oxygens (including phenoxy) is 1. The summed E-state index contributed by atoms with van der Waals surface area (Å²) in [6, 6.07) is 4.06. The number of hydrogen-bond acceptors (Lipinski definition) is 6. The fourth-order valence-corrected chi connectivity index (χ4v) is 4.40. The molecule has 122 valence electrons. The Balaban J connectivity index is 1.30. The summed E-state index contributed by atoms with van der Waals surface area (Å²) in [7, 11) is 0. The molecule has 2 saturated heterocycles. The summed E-state index contributed by atoms with van der Waals surface area (Å²) in [5.74, 6) is 2.00. The van der Waals surface area contributed by atoms with Crippen LogP contribution < -0.4 is 5.32 Å². The van der Waals surface area contributed by atoms with E-state index in [2.05, 4.69) is 37.0 Å². The van der Waals surface area contributed by atoms with Crippen molar-refractivity contribution in [2.24, 2.45) is 11.8 Å². The molecule has 0 aliphatic carbocycles. The highest BCUT2D eigenvalue weighted by atomic mass is 32.1. The highest BCUT2D eigenvalue weighted by molar-refractivity contribution is 7.07. The molecule has 0 unspecified atom stereocenters. The largest absolute Gasteiger partial charge is 0.376 e. The van der Waals surface area contributed by atoms with Crippen molar-refractivity contribution in [3.05, 3.63) is 40.8 Å². The molecule has 2 fully saturated rings. The maximum absolute atomic E-state index is 6.06. The molecular formula is C17H22N4OS. The Hall–Kier alpha value is -1.50. The molecular weight excluding hydrogens is 308 g/mol. The molecule has 2 aliphatic rings. The van der Waals surface area contributed by atoms with Gasteiger partial charge in [-0.3, -0.25) is 4.90 Å². The number of thiophene rings is 1. The maximum atomic E-state index is 6.06. The SMILES string of the molecule is c1cnc(NC[C@H]2OC[C@H]3CN(Cc4ccsc4)CC[C@H]32)nc1. The van der Waals surface area contributed by atoms with Gasteiger partial charge >= 0.3 is 0 Å². The van der Waals surface area contributed by atoms with Crippen molar-refractivity contribution in [1.82, 2.24) is 14.9 Å². The number of piperidine rings is 1. The lowest BCUT2D eigenvalue weighted by Gasteiger charge is -2.35. The van der Waals surface area contributed by atoms with E-state index in [9.17, 15) is 0 Å². The molecule has 2 aliphatic heterocycles. The van der Waals surface area contributed by atoms with Gasteiger partial charge in [0.05, 0.1) is 12.7 Å². The van der Waals surface area contributed by atoms with Gasteiger partial charge in [-0.1, -0.05) is 0 Å². The molecule has 6 heteroatoms. The molecule has 1 N–H and O–H groups in total. The Bertz CT molecular complexity index is 606. The van der Waals surface area contributed by atoms with Gasteiger partial charge in [-0.15, -0.1) is 0 Å². The Morgan fingerprint density at radius 3 is 3.09 bits per heavy atom. The highest BCUT2D eigenvalue weighted by Crippen LogP contribution is 2.35. The van der Waals surface area contributed by atoms with Crippen molar-refractivity contribution in [2.75, 3.05) is 31.6 Å². The molecule has 3 atom stereocenters. The lowest BCUT2D eigenvalue weighted by molar-refractivity contribution is 0.0946. The second kappa shape index (κ2) is 6.95. The summed E-state index contributed by atoms with van der Waals surface area (Å²) < 4.78 is 6.06. The summed E-state index contributed by atoms with van der Waals surface area (Å²) in [5, 5.41) is 7.72. The summed E-state index contributed by atoms with van der Waals surface area (Å²) in [4.78, 5) is 11.0. The van der Waals surface area contributed by atoms with Gasteiger partial charge in [0.2, 0.25) is 5.95 Å². The normalized spacial score (nSPS) is 27.7. The predicted molar refractivity (Wildman–Crippen MR) is 91.5 cm³/mol. The number of anilines is 1. The minimum Gasteiger partial charge on any atom is -0.376 e. The van der Waals surface area contributed by atoms with Crippen LogP contribution in [-0.4, -0.2) is 47.2 Å². The smallest absolute Gasteiger partial charge is 0.222 e. The van der Waals surface area contributed by atoms with E-state index in [1.165, 1.54) is 18.5 Å². The molecule has 0 saturated carbocycles. The average Bonchev–Trinajstić information content (AvgIpc) is 3.23. The average molecular weight is 330 g/mol. The number of aromatic nitrogens is 2. The molecule has 23 heavy (non-hydrogen) atoms. The number of rotatable bonds is 5. The highest BCUT2D eigenvalue weighted by Gasteiger charge is 2.40. The van der Waals surface area contributed by atoms with E-state index in [1.807, 2.05) is 6.07 Å². The predicted octanol–water partition coefficient (Wildman–Crippen LogP) is 2.49. The van der Waals surface area contributed by atoms with E-state index in [-0.39, 0.29) is 6.10 Å². The zero-order valence-corrected chi connectivity index (χ0v) is 13.9. The van der Waals surface area contributed by atoms with Crippen molar-refractivity contribution in [3.63, 3.8) is 0 Å². The lowest BCUT2D eigenvalue weighted by Crippen LogP contribution is -2.42. The topological polar surface area (TPSA) is 50.3 Å². The van der Waals surface area contributed by atoms with Crippen LogP contribution >= 0.6 is 11.3 Å². The maximum Gasteiger partial charge on any atom is 0.222 e. The first-order valence-corrected chi connectivity index (χ1v) is 9.19.